The molecule has 0 fully saturated rings. The number of oxazole rings is 1. The first kappa shape index (κ1) is 14.1. The van der Waals surface area contributed by atoms with E-state index in [0.717, 1.165) is 28.7 Å². The Bertz CT molecular complexity index is 561. The van der Waals surface area contributed by atoms with Gasteiger partial charge in [-0.3, -0.25) is 4.68 Å². The van der Waals surface area contributed by atoms with Crippen molar-refractivity contribution in [3.8, 4) is 0 Å². The number of hydrogen-bond acceptors (Lipinski definition) is 4. The molecule has 5 nitrogen and oxygen atoms in total. The molecule has 1 atom stereocenters. The van der Waals surface area contributed by atoms with E-state index >= 15 is 0 Å². The van der Waals surface area contributed by atoms with E-state index in [0.29, 0.717) is 12.4 Å². The molecule has 1 unspecified atom stereocenters. The second-order valence-corrected chi connectivity index (χ2v) is 4.95. The van der Waals surface area contributed by atoms with Gasteiger partial charge >= 0.3 is 0 Å². The molecule has 2 aromatic rings. The van der Waals surface area contributed by atoms with Crippen LogP contribution in [0, 0.1) is 13.8 Å². The Kier molecular flexibility index (Phi) is 4.27. The van der Waals surface area contributed by atoms with Crippen molar-refractivity contribution in [2.45, 2.75) is 46.8 Å². The lowest BCUT2D eigenvalue weighted by atomic mass is 10.3. The SMILES string of the molecule is CCn1nc(C)c(Cl)c1CNC(C)c1ncc(C)o1. The highest BCUT2D eigenvalue weighted by atomic mass is 35.5. The maximum absolute atomic E-state index is 6.26. The van der Waals surface area contributed by atoms with Gasteiger partial charge in [-0.2, -0.15) is 5.10 Å². The molecule has 0 amide bonds. The standard InChI is InChI=1S/C13H19ClN4O/c1-5-18-11(12(14)9(3)17-18)7-15-10(4)13-16-6-8(2)19-13/h6,10,15H,5,7H2,1-4H3. The van der Waals surface area contributed by atoms with E-state index in [4.69, 9.17) is 16.0 Å². The Balaban J connectivity index is 2.06. The number of aryl methyl sites for hydroxylation is 3. The number of rotatable bonds is 5. The van der Waals surface area contributed by atoms with Crippen LogP contribution in [0.15, 0.2) is 10.6 Å². The molecule has 6 heteroatoms. The van der Waals surface area contributed by atoms with E-state index in [1.54, 1.807) is 6.20 Å². The van der Waals surface area contributed by atoms with Gasteiger partial charge < -0.3 is 9.73 Å². The Labute approximate surface area is 118 Å². The predicted octanol–water partition coefficient (Wildman–Crippen LogP) is 3.01. The second kappa shape index (κ2) is 5.75. The fraction of sp³-hybridized carbons (Fsp3) is 0.538. The van der Waals surface area contributed by atoms with Gasteiger partial charge in [0.25, 0.3) is 0 Å². The summed E-state index contributed by atoms with van der Waals surface area (Å²) < 4.78 is 7.41. The van der Waals surface area contributed by atoms with Gasteiger partial charge in [-0.05, 0) is 27.7 Å². The smallest absolute Gasteiger partial charge is 0.211 e. The van der Waals surface area contributed by atoms with Gasteiger partial charge in [0.1, 0.15) is 5.76 Å². The highest BCUT2D eigenvalue weighted by Gasteiger charge is 2.15. The van der Waals surface area contributed by atoms with E-state index in [9.17, 15) is 0 Å². The molecule has 0 saturated carbocycles. The van der Waals surface area contributed by atoms with Crippen molar-refractivity contribution in [2.24, 2.45) is 0 Å². The molecule has 0 aromatic carbocycles. The van der Waals surface area contributed by atoms with Crippen LogP contribution in [0.5, 0.6) is 0 Å². The van der Waals surface area contributed by atoms with Gasteiger partial charge in [0.05, 0.1) is 28.6 Å². The van der Waals surface area contributed by atoms with Gasteiger partial charge in [-0.1, -0.05) is 11.6 Å². The molecule has 2 heterocycles. The zero-order valence-electron chi connectivity index (χ0n) is 11.7. The topological polar surface area (TPSA) is 55.9 Å². The summed E-state index contributed by atoms with van der Waals surface area (Å²) >= 11 is 6.26. The first-order valence-corrected chi connectivity index (χ1v) is 6.78. The van der Waals surface area contributed by atoms with E-state index < -0.39 is 0 Å². The molecule has 0 aliphatic rings. The van der Waals surface area contributed by atoms with Crippen molar-refractivity contribution >= 4 is 11.6 Å². The molecule has 0 spiro atoms. The fourth-order valence-corrected chi connectivity index (χ4v) is 2.15. The normalized spacial score (nSPS) is 12.9. The van der Waals surface area contributed by atoms with E-state index in [1.807, 2.05) is 32.4 Å². The molecule has 0 radical (unpaired) electrons. The van der Waals surface area contributed by atoms with Crippen molar-refractivity contribution in [1.29, 1.82) is 0 Å². The van der Waals surface area contributed by atoms with Crippen LogP contribution in [0.1, 0.15) is 42.9 Å². The summed E-state index contributed by atoms with van der Waals surface area (Å²) in [5.41, 5.74) is 1.86. The third-order valence-corrected chi connectivity index (χ3v) is 3.53. The Morgan fingerprint density at radius 1 is 1.47 bits per heavy atom. The van der Waals surface area contributed by atoms with Crippen LogP contribution in [0.3, 0.4) is 0 Å². The molecule has 0 aliphatic heterocycles. The maximum Gasteiger partial charge on any atom is 0.211 e. The summed E-state index contributed by atoms with van der Waals surface area (Å²) in [4.78, 5) is 4.21. The second-order valence-electron chi connectivity index (χ2n) is 4.57. The zero-order chi connectivity index (χ0) is 14.0. The number of nitrogens with one attached hydrogen (secondary N) is 1. The van der Waals surface area contributed by atoms with Gasteiger partial charge in [-0.15, -0.1) is 0 Å². The average molecular weight is 283 g/mol. The first-order valence-electron chi connectivity index (χ1n) is 6.40. The first-order chi connectivity index (χ1) is 9.02. The van der Waals surface area contributed by atoms with Crippen LogP contribution < -0.4 is 5.32 Å². The molecule has 2 aromatic heterocycles. The largest absolute Gasteiger partial charge is 0.444 e. The van der Waals surface area contributed by atoms with Gasteiger partial charge in [0.15, 0.2) is 0 Å². The highest BCUT2D eigenvalue weighted by Crippen LogP contribution is 2.21. The van der Waals surface area contributed by atoms with Crippen molar-refractivity contribution in [3.63, 3.8) is 0 Å². The third-order valence-electron chi connectivity index (χ3n) is 3.04. The van der Waals surface area contributed by atoms with Gasteiger partial charge in [0, 0.05) is 13.1 Å². The minimum Gasteiger partial charge on any atom is -0.444 e. The molecule has 1 N–H and O–H groups in total. The fourth-order valence-electron chi connectivity index (χ4n) is 1.95. The monoisotopic (exact) mass is 282 g/mol. The minimum atomic E-state index is 0.0327. The summed E-state index contributed by atoms with van der Waals surface area (Å²) in [7, 11) is 0. The lowest BCUT2D eigenvalue weighted by molar-refractivity contribution is 0.398. The Hall–Kier alpha value is -1.33. The van der Waals surface area contributed by atoms with Crippen molar-refractivity contribution in [2.75, 3.05) is 0 Å². The summed E-state index contributed by atoms with van der Waals surface area (Å²) in [5.74, 6) is 1.50. The van der Waals surface area contributed by atoms with Gasteiger partial charge in [-0.25, -0.2) is 4.98 Å². The van der Waals surface area contributed by atoms with Crippen molar-refractivity contribution in [1.82, 2.24) is 20.1 Å². The van der Waals surface area contributed by atoms with Crippen LogP contribution in [-0.4, -0.2) is 14.8 Å². The van der Waals surface area contributed by atoms with Crippen LogP contribution in [0.4, 0.5) is 0 Å². The third kappa shape index (κ3) is 2.98. The maximum atomic E-state index is 6.26. The van der Waals surface area contributed by atoms with Gasteiger partial charge in [0.2, 0.25) is 5.89 Å². The summed E-state index contributed by atoms with van der Waals surface area (Å²) in [6.07, 6.45) is 1.72. The lowest BCUT2D eigenvalue weighted by Crippen LogP contribution is -2.20. The highest BCUT2D eigenvalue weighted by molar-refractivity contribution is 6.31. The zero-order valence-corrected chi connectivity index (χ0v) is 12.5. The predicted molar refractivity (Wildman–Crippen MR) is 74.1 cm³/mol. The van der Waals surface area contributed by atoms with Crippen molar-refractivity contribution < 1.29 is 4.42 Å². The molecular formula is C13H19ClN4O. The van der Waals surface area contributed by atoms with E-state index in [1.165, 1.54) is 0 Å². The van der Waals surface area contributed by atoms with Crippen LogP contribution >= 0.6 is 11.6 Å². The van der Waals surface area contributed by atoms with E-state index in [2.05, 4.69) is 15.4 Å². The number of nitrogens with zero attached hydrogens (tertiary/aromatic N) is 3. The quantitative estimate of drug-likeness (QED) is 0.916. The number of aromatic nitrogens is 3. The van der Waals surface area contributed by atoms with Crippen LogP contribution in [0.25, 0.3) is 0 Å². The Morgan fingerprint density at radius 2 is 2.21 bits per heavy atom. The molecule has 0 saturated heterocycles. The molecule has 19 heavy (non-hydrogen) atoms. The molecule has 2 rings (SSSR count). The molecular weight excluding hydrogens is 264 g/mol. The van der Waals surface area contributed by atoms with Crippen LogP contribution in [-0.2, 0) is 13.1 Å². The molecule has 0 aliphatic carbocycles. The summed E-state index contributed by atoms with van der Waals surface area (Å²) in [6, 6.07) is 0.0327. The minimum absolute atomic E-state index is 0.0327. The van der Waals surface area contributed by atoms with Crippen molar-refractivity contribution in [3.05, 3.63) is 34.3 Å². The lowest BCUT2D eigenvalue weighted by Gasteiger charge is -2.11. The average Bonchev–Trinajstić information content (AvgIpc) is 2.93. The summed E-state index contributed by atoms with van der Waals surface area (Å²) in [6.45, 7) is 9.30. The van der Waals surface area contributed by atoms with Crippen LogP contribution in [0.2, 0.25) is 5.02 Å². The summed E-state index contributed by atoms with van der Waals surface area (Å²) in [5, 5.41) is 8.47. The number of hydrogen-bond donors (Lipinski definition) is 1. The number of halogens is 1. The Morgan fingerprint density at radius 3 is 2.79 bits per heavy atom. The molecule has 104 valence electrons. The molecule has 0 bridgehead atoms. The van der Waals surface area contributed by atoms with E-state index in [-0.39, 0.29) is 6.04 Å².